The van der Waals surface area contributed by atoms with E-state index in [0.717, 1.165) is 51.4 Å². The molecule has 168 valence electrons. The summed E-state index contributed by atoms with van der Waals surface area (Å²) in [4.78, 5) is 29.7. The highest BCUT2D eigenvalue weighted by Gasteiger charge is 2.20. The number of aromatic amines is 1. The maximum absolute atomic E-state index is 12.6. The normalized spacial score (nSPS) is 14.7. The first-order valence-electron chi connectivity index (χ1n) is 10.7. The van der Waals surface area contributed by atoms with Gasteiger partial charge in [0.1, 0.15) is 5.82 Å². The molecule has 1 saturated heterocycles. The van der Waals surface area contributed by atoms with Gasteiger partial charge in [-0.25, -0.2) is 4.68 Å². The van der Waals surface area contributed by atoms with Crippen molar-refractivity contribution in [3.05, 3.63) is 69.2 Å². The Morgan fingerprint density at radius 2 is 1.50 bits per heavy atom. The topological polar surface area (TPSA) is 74.2 Å². The lowest BCUT2D eigenvalue weighted by Crippen LogP contribution is -2.46. The molecule has 0 atom stereocenters. The van der Waals surface area contributed by atoms with Gasteiger partial charge in [-0.2, -0.15) is 4.37 Å². The Kier molecular flexibility index (Phi) is 6.93. The molecule has 1 aliphatic heterocycles. The minimum Gasteiger partial charge on any atom is -0.353 e. The zero-order valence-corrected chi connectivity index (χ0v) is 19.3. The number of nitrogens with one attached hydrogen (secondary N) is 1. The standard InChI is InChI=1S/C23H25N5O2S.ClH/c29-22-17-7-1-2-8-18(17)23(30)28(24-22)12-6-5-11-26-13-15-27(16-14-26)21-19-9-3-4-10-20(19)31-25-21;/h1-4,7-10H,5-6,11-16H2,(H,24,29);1H. The van der Waals surface area contributed by atoms with Gasteiger partial charge in [0.25, 0.3) is 11.1 Å². The fourth-order valence-electron chi connectivity index (χ4n) is 4.29. The van der Waals surface area contributed by atoms with Gasteiger partial charge in [-0.15, -0.1) is 12.4 Å². The van der Waals surface area contributed by atoms with Crippen LogP contribution in [0.3, 0.4) is 0 Å². The molecule has 4 aromatic rings. The first-order chi connectivity index (χ1) is 15.2. The van der Waals surface area contributed by atoms with E-state index < -0.39 is 0 Å². The number of fused-ring (bicyclic) bond motifs is 2. The van der Waals surface area contributed by atoms with E-state index >= 15 is 0 Å². The SMILES string of the molecule is Cl.O=c1[nH]n(CCCCN2CCN(c3nsc4ccccc34)CC2)c(=O)c2ccccc12. The van der Waals surface area contributed by atoms with E-state index in [9.17, 15) is 9.59 Å². The number of anilines is 1. The summed E-state index contributed by atoms with van der Waals surface area (Å²) in [6.45, 7) is 5.51. The average molecular weight is 472 g/mol. The Labute approximate surface area is 195 Å². The van der Waals surface area contributed by atoms with Crippen LogP contribution in [0.2, 0.25) is 0 Å². The molecule has 2 aromatic carbocycles. The zero-order chi connectivity index (χ0) is 21.2. The molecule has 7 nitrogen and oxygen atoms in total. The fourth-order valence-corrected chi connectivity index (χ4v) is 5.09. The lowest BCUT2D eigenvalue weighted by atomic mass is 10.2. The molecule has 0 saturated carbocycles. The summed E-state index contributed by atoms with van der Waals surface area (Å²) in [7, 11) is 0. The van der Waals surface area contributed by atoms with Gasteiger partial charge < -0.3 is 4.90 Å². The number of piperazine rings is 1. The van der Waals surface area contributed by atoms with E-state index in [-0.39, 0.29) is 23.5 Å². The summed E-state index contributed by atoms with van der Waals surface area (Å²) in [5.74, 6) is 1.11. The maximum Gasteiger partial charge on any atom is 0.273 e. The summed E-state index contributed by atoms with van der Waals surface area (Å²) in [6.07, 6.45) is 1.84. The molecule has 2 aromatic heterocycles. The van der Waals surface area contributed by atoms with Crippen molar-refractivity contribution in [3.63, 3.8) is 0 Å². The Bertz CT molecular complexity index is 1320. The molecule has 1 aliphatic rings. The number of aryl methyl sites for hydroxylation is 1. The number of nitrogens with zero attached hydrogens (tertiary/aromatic N) is 4. The van der Waals surface area contributed by atoms with E-state index in [4.69, 9.17) is 0 Å². The largest absolute Gasteiger partial charge is 0.353 e. The van der Waals surface area contributed by atoms with Gasteiger partial charge in [0.05, 0.1) is 15.5 Å². The fraction of sp³-hybridized carbons (Fsp3) is 0.348. The Morgan fingerprint density at radius 3 is 2.28 bits per heavy atom. The third-order valence-electron chi connectivity index (χ3n) is 6.02. The third kappa shape index (κ3) is 4.44. The van der Waals surface area contributed by atoms with Crippen LogP contribution >= 0.6 is 23.9 Å². The quantitative estimate of drug-likeness (QED) is 0.437. The van der Waals surface area contributed by atoms with Crippen molar-refractivity contribution in [1.29, 1.82) is 0 Å². The second-order valence-electron chi connectivity index (χ2n) is 7.98. The lowest BCUT2D eigenvalue weighted by Gasteiger charge is -2.35. The predicted octanol–water partition coefficient (Wildman–Crippen LogP) is 3.32. The monoisotopic (exact) mass is 471 g/mol. The van der Waals surface area contributed by atoms with E-state index in [0.29, 0.717) is 17.3 Å². The van der Waals surface area contributed by atoms with Gasteiger partial charge in [0, 0.05) is 38.1 Å². The molecule has 0 radical (unpaired) electrons. The van der Waals surface area contributed by atoms with Crippen LogP contribution in [0.15, 0.2) is 58.1 Å². The molecule has 1 N–H and O–H groups in total. The van der Waals surface area contributed by atoms with Crippen LogP contribution in [0.25, 0.3) is 20.9 Å². The third-order valence-corrected chi connectivity index (χ3v) is 6.84. The van der Waals surface area contributed by atoms with E-state index in [2.05, 4.69) is 43.5 Å². The van der Waals surface area contributed by atoms with Crippen molar-refractivity contribution in [3.8, 4) is 0 Å². The van der Waals surface area contributed by atoms with Crippen molar-refractivity contribution in [1.82, 2.24) is 19.1 Å². The average Bonchev–Trinajstić information content (AvgIpc) is 3.24. The molecule has 32 heavy (non-hydrogen) atoms. The first kappa shape index (κ1) is 22.5. The van der Waals surface area contributed by atoms with Crippen LogP contribution < -0.4 is 16.0 Å². The van der Waals surface area contributed by atoms with Crippen molar-refractivity contribution in [2.75, 3.05) is 37.6 Å². The van der Waals surface area contributed by atoms with Gasteiger partial charge in [0.15, 0.2) is 0 Å². The highest BCUT2D eigenvalue weighted by molar-refractivity contribution is 7.13. The van der Waals surface area contributed by atoms with Crippen LogP contribution in [-0.4, -0.2) is 51.8 Å². The smallest absolute Gasteiger partial charge is 0.273 e. The minimum atomic E-state index is -0.208. The summed E-state index contributed by atoms with van der Waals surface area (Å²) in [6, 6.07) is 15.4. The van der Waals surface area contributed by atoms with E-state index in [1.54, 1.807) is 35.8 Å². The maximum atomic E-state index is 12.6. The molecule has 1 fully saturated rings. The predicted molar refractivity (Wildman–Crippen MR) is 134 cm³/mol. The lowest BCUT2D eigenvalue weighted by molar-refractivity contribution is 0.250. The molecule has 9 heteroatoms. The van der Waals surface area contributed by atoms with Crippen LogP contribution in [0.4, 0.5) is 5.82 Å². The van der Waals surface area contributed by atoms with Gasteiger partial charge in [-0.1, -0.05) is 24.3 Å². The molecule has 0 aliphatic carbocycles. The molecule has 0 bridgehead atoms. The number of halogens is 1. The Hall–Kier alpha value is -2.68. The Balaban J connectivity index is 0.00000245. The Morgan fingerprint density at radius 1 is 0.844 bits per heavy atom. The second kappa shape index (κ2) is 9.85. The summed E-state index contributed by atoms with van der Waals surface area (Å²) in [5, 5.41) is 4.90. The summed E-state index contributed by atoms with van der Waals surface area (Å²) >= 11 is 1.57. The highest BCUT2D eigenvalue weighted by atomic mass is 35.5. The molecule has 5 rings (SSSR count). The number of hydrogen-bond acceptors (Lipinski definition) is 6. The van der Waals surface area contributed by atoms with Crippen LogP contribution in [-0.2, 0) is 6.54 Å². The van der Waals surface area contributed by atoms with Crippen molar-refractivity contribution in [2.45, 2.75) is 19.4 Å². The molecule has 0 spiro atoms. The van der Waals surface area contributed by atoms with Gasteiger partial charge >= 0.3 is 0 Å². The van der Waals surface area contributed by atoms with Crippen LogP contribution in [0.5, 0.6) is 0 Å². The van der Waals surface area contributed by atoms with E-state index in [1.165, 1.54) is 14.8 Å². The van der Waals surface area contributed by atoms with Crippen molar-refractivity contribution in [2.24, 2.45) is 0 Å². The number of rotatable bonds is 6. The second-order valence-corrected chi connectivity index (χ2v) is 8.79. The molecule has 0 amide bonds. The van der Waals surface area contributed by atoms with Gasteiger partial charge in [-0.3, -0.25) is 19.6 Å². The number of benzene rings is 2. The summed E-state index contributed by atoms with van der Waals surface area (Å²) < 4.78 is 7.37. The van der Waals surface area contributed by atoms with Crippen LogP contribution in [0, 0.1) is 0 Å². The molecule has 3 heterocycles. The van der Waals surface area contributed by atoms with Crippen LogP contribution in [0.1, 0.15) is 12.8 Å². The molecule has 0 unspecified atom stereocenters. The van der Waals surface area contributed by atoms with Gasteiger partial charge in [0.2, 0.25) is 0 Å². The highest BCUT2D eigenvalue weighted by Crippen LogP contribution is 2.29. The zero-order valence-electron chi connectivity index (χ0n) is 17.7. The number of hydrogen-bond donors (Lipinski definition) is 1. The number of aromatic nitrogens is 3. The van der Waals surface area contributed by atoms with E-state index in [1.807, 2.05) is 0 Å². The minimum absolute atomic E-state index is 0. The first-order valence-corrected chi connectivity index (χ1v) is 11.5. The van der Waals surface area contributed by atoms with Crippen molar-refractivity contribution < 1.29 is 0 Å². The molecular formula is C23H26ClN5O2S. The number of unbranched alkanes of at least 4 members (excludes halogenated alkanes) is 1. The number of H-pyrrole nitrogens is 1. The van der Waals surface area contributed by atoms with Crippen molar-refractivity contribution >= 4 is 50.6 Å². The summed E-state index contributed by atoms with van der Waals surface area (Å²) in [5.41, 5.74) is -0.333. The van der Waals surface area contributed by atoms with Gasteiger partial charge in [-0.05, 0) is 55.2 Å². The molecular weight excluding hydrogens is 446 g/mol.